The standard InChI is InChI=1S/C15H22N2/c1-4-8-14(16-11-5-2)12-17-15-10-7-6-9-13(15)3/h5-7,9-11,17H,4,8,12H2,1-3H3/b11-5-,16-14?. The zero-order valence-electron chi connectivity index (χ0n) is 11.0. The normalized spacial score (nSPS) is 12.1. The van der Waals surface area contributed by atoms with Gasteiger partial charge in [-0.05, 0) is 31.9 Å². The Morgan fingerprint density at radius 2 is 2.12 bits per heavy atom. The molecule has 2 heteroatoms. The van der Waals surface area contributed by atoms with Crippen LogP contribution in [0.2, 0.25) is 0 Å². The number of rotatable bonds is 6. The molecular formula is C15H22N2. The Morgan fingerprint density at radius 3 is 2.76 bits per heavy atom. The molecule has 0 atom stereocenters. The van der Waals surface area contributed by atoms with Crippen molar-refractivity contribution < 1.29 is 0 Å². The summed E-state index contributed by atoms with van der Waals surface area (Å²) in [6.45, 7) is 7.11. The van der Waals surface area contributed by atoms with Crippen LogP contribution in [0.3, 0.4) is 0 Å². The van der Waals surface area contributed by atoms with Crippen LogP contribution in [0.25, 0.3) is 0 Å². The number of benzene rings is 1. The van der Waals surface area contributed by atoms with Gasteiger partial charge in [-0.3, -0.25) is 4.99 Å². The van der Waals surface area contributed by atoms with E-state index in [1.54, 1.807) is 0 Å². The number of anilines is 1. The molecule has 0 bridgehead atoms. The molecule has 1 aromatic carbocycles. The highest BCUT2D eigenvalue weighted by Crippen LogP contribution is 2.12. The van der Waals surface area contributed by atoms with Gasteiger partial charge in [0.15, 0.2) is 0 Å². The molecule has 0 aliphatic heterocycles. The van der Waals surface area contributed by atoms with Crippen LogP contribution in [-0.4, -0.2) is 12.3 Å². The van der Waals surface area contributed by atoms with Gasteiger partial charge in [-0.1, -0.05) is 37.6 Å². The van der Waals surface area contributed by atoms with Crippen molar-refractivity contribution in [2.75, 3.05) is 11.9 Å². The number of aliphatic imine (C=N–C) groups is 1. The van der Waals surface area contributed by atoms with Gasteiger partial charge in [0.2, 0.25) is 0 Å². The summed E-state index contributed by atoms with van der Waals surface area (Å²) in [5.41, 5.74) is 3.67. The molecule has 1 rings (SSSR count). The zero-order valence-corrected chi connectivity index (χ0v) is 11.0. The number of nitrogens with one attached hydrogen (secondary N) is 1. The highest BCUT2D eigenvalue weighted by atomic mass is 14.9. The first kappa shape index (κ1) is 13.5. The molecule has 0 saturated carbocycles. The van der Waals surface area contributed by atoms with E-state index in [9.17, 15) is 0 Å². The molecule has 0 heterocycles. The average molecular weight is 230 g/mol. The molecular weight excluding hydrogens is 208 g/mol. The van der Waals surface area contributed by atoms with Gasteiger partial charge in [-0.15, -0.1) is 0 Å². The second-order valence-electron chi connectivity index (χ2n) is 4.10. The highest BCUT2D eigenvalue weighted by Gasteiger charge is 1.99. The molecule has 0 aromatic heterocycles. The van der Waals surface area contributed by atoms with Gasteiger partial charge in [0.05, 0.1) is 6.54 Å². The topological polar surface area (TPSA) is 24.4 Å². The Hall–Kier alpha value is -1.57. The van der Waals surface area contributed by atoms with Gasteiger partial charge >= 0.3 is 0 Å². The van der Waals surface area contributed by atoms with E-state index < -0.39 is 0 Å². The lowest BCUT2D eigenvalue weighted by Gasteiger charge is -2.10. The summed E-state index contributed by atoms with van der Waals surface area (Å²) in [4.78, 5) is 4.45. The molecule has 1 N–H and O–H groups in total. The smallest absolute Gasteiger partial charge is 0.0534 e. The van der Waals surface area contributed by atoms with Crippen molar-refractivity contribution in [2.45, 2.75) is 33.6 Å². The summed E-state index contributed by atoms with van der Waals surface area (Å²) in [5, 5.41) is 3.44. The lowest BCUT2D eigenvalue weighted by molar-refractivity contribution is 0.978. The SMILES string of the molecule is C/C=C\N=C(CCC)CNc1ccccc1C. The first-order chi connectivity index (χ1) is 8.27. The second kappa shape index (κ2) is 7.66. The Balaban J connectivity index is 2.61. The minimum absolute atomic E-state index is 0.822. The summed E-state index contributed by atoms with van der Waals surface area (Å²) in [7, 11) is 0. The zero-order chi connectivity index (χ0) is 12.5. The van der Waals surface area contributed by atoms with Crippen LogP contribution in [0.15, 0.2) is 41.5 Å². The first-order valence-electron chi connectivity index (χ1n) is 6.24. The predicted molar refractivity (Wildman–Crippen MR) is 76.8 cm³/mol. The van der Waals surface area contributed by atoms with Gasteiger partial charge in [0.25, 0.3) is 0 Å². The molecule has 1 aromatic rings. The molecule has 0 radical (unpaired) electrons. The van der Waals surface area contributed by atoms with Crippen molar-refractivity contribution in [3.8, 4) is 0 Å². The van der Waals surface area contributed by atoms with Crippen LogP contribution < -0.4 is 5.32 Å². The van der Waals surface area contributed by atoms with E-state index in [1.807, 2.05) is 19.2 Å². The van der Waals surface area contributed by atoms with Crippen molar-refractivity contribution in [2.24, 2.45) is 4.99 Å². The predicted octanol–water partition coefficient (Wildman–Crippen LogP) is 4.18. The largest absolute Gasteiger partial charge is 0.380 e. The molecule has 0 aliphatic carbocycles. The maximum absolute atomic E-state index is 4.45. The summed E-state index contributed by atoms with van der Waals surface area (Å²) in [6.07, 6.45) is 6.00. The Kier molecular flexibility index (Phi) is 6.08. The highest BCUT2D eigenvalue weighted by molar-refractivity contribution is 5.89. The summed E-state index contributed by atoms with van der Waals surface area (Å²) >= 11 is 0. The van der Waals surface area contributed by atoms with Crippen LogP contribution in [0.4, 0.5) is 5.69 Å². The van der Waals surface area contributed by atoms with E-state index in [1.165, 1.54) is 17.0 Å². The minimum Gasteiger partial charge on any atom is -0.380 e. The lowest BCUT2D eigenvalue weighted by atomic mass is 10.2. The Bertz CT molecular complexity index is 392. The maximum Gasteiger partial charge on any atom is 0.0534 e. The van der Waals surface area contributed by atoms with Crippen molar-refractivity contribution in [3.63, 3.8) is 0 Å². The molecule has 0 unspecified atom stereocenters. The van der Waals surface area contributed by atoms with E-state index >= 15 is 0 Å². The van der Waals surface area contributed by atoms with E-state index in [2.05, 4.69) is 48.4 Å². The quantitative estimate of drug-likeness (QED) is 0.728. The summed E-state index contributed by atoms with van der Waals surface area (Å²) < 4.78 is 0. The number of nitrogens with zero attached hydrogens (tertiary/aromatic N) is 1. The van der Waals surface area contributed by atoms with E-state index in [0.29, 0.717) is 0 Å². The fourth-order valence-corrected chi connectivity index (χ4v) is 1.64. The van der Waals surface area contributed by atoms with Gasteiger partial charge in [-0.2, -0.15) is 0 Å². The Morgan fingerprint density at radius 1 is 1.35 bits per heavy atom. The van der Waals surface area contributed by atoms with E-state index in [4.69, 9.17) is 0 Å². The molecule has 0 aliphatic rings. The van der Waals surface area contributed by atoms with Crippen molar-refractivity contribution in [1.29, 1.82) is 0 Å². The van der Waals surface area contributed by atoms with Crippen molar-refractivity contribution in [3.05, 3.63) is 42.1 Å². The second-order valence-corrected chi connectivity index (χ2v) is 4.10. The molecule has 2 nitrogen and oxygen atoms in total. The minimum atomic E-state index is 0.822. The Labute approximate surface area is 104 Å². The van der Waals surface area contributed by atoms with Crippen LogP contribution in [-0.2, 0) is 0 Å². The fraction of sp³-hybridized carbons (Fsp3) is 0.400. The molecule has 0 spiro atoms. The van der Waals surface area contributed by atoms with Crippen LogP contribution in [0, 0.1) is 6.92 Å². The molecule has 92 valence electrons. The van der Waals surface area contributed by atoms with E-state index in [-0.39, 0.29) is 0 Å². The van der Waals surface area contributed by atoms with Gasteiger partial charge in [0.1, 0.15) is 0 Å². The number of allylic oxidation sites excluding steroid dienone is 1. The molecule has 0 amide bonds. The van der Waals surface area contributed by atoms with Crippen LogP contribution in [0.5, 0.6) is 0 Å². The van der Waals surface area contributed by atoms with Crippen molar-refractivity contribution >= 4 is 11.4 Å². The van der Waals surface area contributed by atoms with E-state index in [0.717, 1.165) is 19.4 Å². The molecule has 0 saturated heterocycles. The maximum atomic E-state index is 4.45. The molecule has 0 fully saturated rings. The number of aryl methyl sites for hydroxylation is 1. The van der Waals surface area contributed by atoms with Gasteiger partial charge in [0, 0.05) is 17.6 Å². The van der Waals surface area contributed by atoms with Gasteiger partial charge in [-0.25, -0.2) is 0 Å². The monoisotopic (exact) mass is 230 g/mol. The average Bonchev–Trinajstić information content (AvgIpc) is 2.34. The number of hydrogen-bond donors (Lipinski definition) is 1. The van der Waals surface area contributed by atoms with Crippen molar-refractivity contribution in [1.82, 2.24) is 0 Å². The van der Waals surface area contributed by atoms with Gasteiger partial charge < -0.3 is 5.32 Å². The summed E-state index contributed by atoms with van der Waals surface area (Å²) in [5.74, 6) is 0. The third kappa shape index (κ3) is 4.85. The molecule has 17 heavy (non-hydrogen) atoms. The number of para-hydroxylation sites is 1. The number of hydrogen-bond acceptors (Lipinski definition) is 2. The third-order valence-corrected chi connectivity index (χ3v) is 2.57. The van der Waals surface area contributed by atoms with Crippen LogP contribution >= 0.6 is 0 Å². The fourth-order valence-electron chi connectivity index (χ4n) is 1.64. The lowest BCUT2D eigenvalue weighted by Crippen LogP contribution is -2.14. The first-order valence-corrected chi connectivity index (χ1v) is 6.24. The third-order valence-electron chi connectivity index (χ3n) is 2.57. The van der Waals surface area contributed by atoms with Crippen LogP contribution in [0.1, 0.15) is 32.3 Å². The summed E-state index contributed by atoms with van der Waals surface area (Å²) in [6, 6.07) is 8.33.